The largest absolute Gasteiger partial charge is 0.505 e. The summed E-state index contributed by atoms with van der Waals surface area (Å²) in [6.07, 6.45) is 0. The predicted molar refractivity (Wildman–Crippen MR) is 161 cm³/mol. The lowest BCUT2D eigenvalue weighted by molar-refractivity contribution is 0.472. The van der Waals surface area contributed by atoms with Crippen LogP contribution in [-0.4, -0.2) is 44.0 Å². The van der Waals surface area contributed by atoms with Crippen LogP contribution in [0.5, 0.6) is 5.75 Å². The lowest BCUT2D eigenvalue weighted by Crippen LogP contribution is -1.99. The second kappa shape index (κ2) is 11.1. The normalized spacial score (nSPS) is 13.0. The standard InChI is InChI=1S/C26H19N6O10S3/c27-14-2-1-13-9-24(45(40,41)42)25(26(33)18(13)10-14)32-30-21-7-6-20(17-5-4-16(12-19(17)21)43(34,35)36)29-31-22-11-15(28)3-8-23(22)44(37,38)39/h1-12,28,33H,27H2,(H,34,35,36)(H,37,38,39)(H,40,41,42). The Morgan fingerprint density at radius 1 is 0.578 bits per heavy atom. The van der Waals surface area contributed by atoms with Crippen LogP contribution in [0, 0.1) is 0 Å². The Hall–Kier alpha value is -5.05. The molecule has 7 N–H and O–H groups in total. The molecule has 0 saturated heterocycles. The second-order valence-electron chi connectivity index (χ2n) is 9.37. The number of nitrogens with zero attached hydrogens (tertiary/aromatic N) is 4. The van der Waals surface area contributed by atoms with Gasteiger partial charge in [-0.2, -0.15) is 25.3 Å². The van der Waals surface area contributed by atoms with E-state index in [1.807, 2.05) is 0 Å². The first kappa shape index (κ1) is 31.4. The van der Waals surface area contributed by atoms with Crippen LogP contribution in [0.1, 0.15) is 0 Å². The lowest BCUT2D eigenvalue weighted by Gasteiger charge is -2.10. The van der Waals surface area contributed by atoms with Crippen molar-refractivity contribution in [3.63, 3.8) is 0 Å². The molecule has 0 fully saturated rings. The van der Waals surface area contributed by atoms with Crippen LogP contribution < -0.4 is 11.5 Å². The van der Waals surface area contributed by atoms with Crippen LogP contribution >= 0.6 is 0 Å². The van der Waals surface area contributed by atoms with E-state index in [4.69, 9.17) is 11.5 Å². The van der Waals surface area contributed by atoms with Crippen molar-refractivity contribution in [2.24, 2.45) is 20.5 Å². The van der Waals surface area contributed by atoms with Gasteiger partial charge in [-0.1, -0.05) is 12.1 Å². The van der Waals surface area contributed by atoms with E-state index >= 15 is 0 Å². The minimum absolute atomic E-state index is 0.00478. The van der Waals surface area contributed by atoms with Crippen LogP contribution in [0.15, 0.2) is 108 Å². The Morgan fingerprint density at radius 3 is 1.84 bits per heavy atom. The van der Waals surface area contributed by atoms with Crippen LogP contribution in [0.3, 0.4) is 0 Å². The molecule has 45 heavy (non-hydrogen) atoms. The molecular weight excluding hydrogens is 653 g/mol. The SMILES string of the molecule is [NH]c1ccc(S(=O)(=O)O)c(N=Nc2ccc(N=Nc3c(S(=O)(=O)O)cc4ccc(N)cc4c3O)c3cc(S(=O)(=O)O)ccc23)c1. The molecule has 231 valence electrons. The molecule has 5 aromatic carbocycles. The van der Waals surface area contributed by atoms with Gasteiger partial charge in [0.1, 0.15) is 21.2 Å². The molecule has 5 rings (SSSR count). The van der Waals surface area contributed by atoms with Crippen molar-refractivity contribution in [3.8, 4) is 5.75 Å². The van der Waals surface area contributed by atoms with E-state index in [9.17, 15) is 44.0 Å². The minimum Gasteiger partial charge on any atom is -0.505 e. The molecule has 0 spiro atoms. The zero-order valence-corrected chi connectivity index (χ0v) is 24.7. The molecule has 0 aromatic heterocycles. The highest BCUT2D eigenvalue weighted by atomic mass is 32.2. The van der Waals surface area contributed by atoms with Gasteiger partial charge in [0.25, 0.3) is 30.4 Å². The van der Waals surface area contributed by atoms with Crippen molar-refractivity contribution in [2.45, 2.75) is 14.7 Å². The number of aromatic hydroxyl groups is 1. The van der Waals surface area contributed by atoms with Gasteiger partial charge in [0, 0.05) is 21.8 Å². The van der Waals surface area contributed by atoms with Crippen molar-refractivity contribution in [2.75, 3.05) is 5.73 Å². The Morgan fingerprint density at radius 2 is 1.20 bits per heavy atom. The average molecular weight is 672 g/mol. The first-order chi connectivity index (χ1) is 20.9. The third kappa shape index (κ3) is 6.43. The molecule has 0 saturated carbocycles. The fourth-order valence-corrected chi connectivity index (χ4v) is 6.08. The van der Waals surface area contributed by atoms with Gasteiger partial charge in [-0.05, 0) is 66.0 Å². The summed E-state index contributed by atoms with van der Waals surface area (Å²) in [6.45, 7) is 0. The first-order valence-corrected chi connectivity index (χ1v) is 16.5. The first-order valence-electron chi connectivity index (χ1n) is 12.2. The average Bonchev–Trinajstić information content (AvgIpc) is 2.94. The number of rotatable bonds is 7. The maximum absolute atomic E-state index is 12.2. The zero-order valence-electron chi connectivity index (χ0n) is 22.3. The highest BCUT2D eigenvalue weighted by Gasteiger charge is 2.23. The number of nitrogens with two attached hydrogens (primary N) is 1. The Balaban J connectivity index is 1.72. The number of hydrogen-bond donors (Lipinski definition) is 5. The van der Waals surface area contributed by atoms with Crippen LogP contribution in [-0.2, 0) is 30.4 Å². The van der Waals surface area contributed by atoms with E-state index in [0.717, 1.165) is 36.4 Å². The molecular formula is C26H19N6O10S3. The summed E-state index contributed by atoms with van der Waals surface area (Å²) in [5, 5.41) is 26.9. The van der Waals surface area contributed by atoms with Crippen molar-refractivity contribution < 1.29 is 44.0 Å². The maximum atomic E-state index is 12.2. The Labute approximate surface area is 254 Å². The fraction of sp³-hybridized carbons (Fsp3) is 0. The molecule has 0 aliphatic carbocycles. The number of nitrogen functional groups attached to an aromatic ring is 1. The topological polar surface area (TPSA) is 283 Å². The number of phenols is 1. The summed E-state index contributed by atoms with van der Waals surface area (Å²) in [4.78, 5) is -1.99. The summed E-state index contributed by atoms with van der Waals surface area (Å²) >= 11 is 0. The smallest absolute Gasteiger partial charge is 0.296 e. The van der Waals surface area contributed by atoms with E-state index in [2.05, 4.69) is 20.5 Å². The van der Waals surface area contributed by atoms with Crippen molar-refractivity contribution in [1.29, 1.82) is 0 Å². The van der Waals surface area contributed by atoms with E-state index in [1.165, 1.54) is 36.4 Å². The van der Waals surface area contributed by atoms with Crippen LogP contribution in [0.2, 0.25) is 0 Å². The van der Waals surface area contributed by atoms with E-state index in [1.54, 1.807) is 0 Å². The maximum Gasteiger partial charge on any atom is 0.296 e. The van der Waals surface area contributed by atoms with Gasteiger partial charge in [-0.25, -0.2) is 0 Å². The van der Waals surface area contributed by atoms with Gasteiger partial charge in [-0.15, -0.1) is 20.5 Å². The van der Waals surface area contributed by atoms with Gasteiger partial charge < -0.3 is 16.6 Å². The molecule has 0 heterocycles. The monoisotopic (exact) mass is 671 g/mol. The van der Waals surface area contributed by atoms with E-state index < -0.39 is 56.5 Å². The van der Waals surface area contributed by atoms with Crippen molar-refractivity contribution in [3.05, 3.63) is 72.8 Å². The quantitative estimate of drug-likeness (QED) is 0.0786. The third-order valence-electron chi connectivity index (χ3n) is 6.35. The molecule has 0 aliphatic heterocycles. The van der Waals surface area contributed by atoms with Crippen molar-refractivity contribution in [1.82, 2.24) is 5.73 Å². The molecule has 0 aliphatic rings. The van der Waals surface area contributed by atoms with Gasteiger partial charge >= 0.3 is 0 Å². The van der Waals surface area contributed by atoms with Crippen LogP contribution in [0.4, 0.5) is 34.1 Å². The highest BCUT2D eigenvalue weighted by Crippen LogP contribution is 2.43. The second-order valence-corrected chi connectivity index (χ2v) is 13.6. The number of benzene rings is 5. The number of fused-ring (bicyclic) bond motifs is 2. The number of nitrogens with one attached hydrogen (secondary N) is 1. The summed E-state index contributed by atoms with van der Waals surface area (Å²) in [5.74, 6) is -0.684. The summed E-state index contributed by atoms with van der Waals surface area (Å²) in [7, 11) is -14.4. The van der Waals surface area contributed by atoms with E-state index in [0.29, 0.717) is 0 Å². The predicted octanol–water partition coefficient (Wildman–Crippen LogP) is 5.77. The summed E-state index contributed by atoms with van der Waals surface area (Å²) in [5.41, 5.74) is 12.5. The molecule has 1 radical (unpaired) electrons. The lowest BCUT2D eigenvalue weighted by atomic mass is 10.1. The van der Waals surface area contributed by atoms with Crippen molar-refractivity contribution >= 4 is 86.0 Å². The van der Waals surface area contributed by atoms with Crippen LogP contribution in [0.25, 0.3) is 21.5 Å². The number of anilines is 1. The molecule has 5 aromatic rings. The summed E-state index contributed by atoms with van der Waals surface area (Å²) < 4.78 is 101. The minimum atomic E-state index is -4.95. The van der Waals surface area contributed by atoms with Gasteiger partial charge in [-0.3, -0.25) is 13.7 Å². The molecule has 0 bridgehead atoms. The molecule has 0 atom stereocenters. The summed E-state index contributed by atoms with van der Waals surface area (Å²) in [6, 6.07) is 14.1. The molecule has 0 unspecified atom stereocenters. The molecule has 0 amide bonds. The number of hydrogen-bond acceptors (Lipinski definition) is 12. The zero-order chi connectivity index (χ0) is 32.9. The third-order valence-corrected chi connectivity index (χ3v) is 8.97. The van der Waals surface area contributed by atoms with Gasteiger partial charge in [0.2, 0.25) is 0 Å². The van der Waals surface area contributed by atoms with Gasteiger partial charge in [0.15, 0.2) is 5.75 Å². The van der Waals surface area contributed by atoms with E-state index in [-0.39, 0.29) is 50.0 Å². The number of phenolic OH excluding ortho intramolecular Hbond substituents is 1. The molecule has 16 nitrogen and oxygen atoms in total. The molecule has 19 heteroatoms. The van der Waals surface area contributed by atoms with Gasteiger partial charge in [0.05, 0.1) is 22.0 Å². The number of azo groups is 2. The fourth-order valence-electron chi connectivity index (χ4n) is 4.31. The highest BCUT2D eigenvalue weighted by molar-refractivity contribution is 7.86. The Kier molecular flexibility index (Phi) is 7.77. The Bertz CT molecular complexity index is 2450.